The van der Waals surface area contributed by atoms with Crippen molar-refractivity contribution in [3.63, 3.8) is 0 Å². The van der Waals surface area contributed by atoms with E-state index in [0.717, 1.165) is 5.69 Å². The van der Waals surface area contributed by atoms with Crippen molar-refractivity contribution < 1.29 is 8.42 Å². The first kappa shape index (κ1) is 13.1. The first-order chi connectivity index (χ1) is 8.58. The lowest BCUT2D eigenvalue weighted by molar-refractivity contribution is 0.581. The van der Waals surface area contributed by atoms with E-state index >= 15 is 0 Å². The van der Waals surface area contributed by atoms with Crippen LogP contribution in [-0.4, -0.2) is 24.9 Å². The van der Waals surface area contributed by atoms with E-state index in [2.05, 4.69) is 14.7 Å². The molecule has 18 heavy (non-hydrogen) atoms. The van der Waals surface area contributed by atoms with Crippen molar-refractivity contribution in [1.29, 1.82) is 0 Å². The van der Waals surface area contributed by atoms with Crippen molar-refractivity contribution in [3.05, 3.63) is 47.5 Å². The first-order valence-corrected chi connectivity index (χ1v) is 7.16. The second-order valence-electron chi connectivity index (χ2n) is 3.68. The number of imidazole rings is 1. The second kappa shape index (κ2) is 5.51. The molecule has 0 aliphatic rings. The van der Waals surface area contributed by atoms with E-state index in [0.29, 0.717) is 18.0 Å². The Morgan fingerprint density at radius 1 is 1.39 bits per heavy atom. The van der Waals surface area contributed by atoms with Crippen LogP contribution in [0.5, 0.6) is 0 Å². The van der Waals surface area contributed by atoms with Gasteiger partial charge < -0.3 is 4.98 Å². The molecule has 0 atom stereocenters. The molecule has 2 N–H and O–H groups in total. The quantitative estimate of drug-likeness (QED) is 0.876. The van der Waals surface area contributed by atoms with Gasteiger partial charge in [0.25, 0.3) is 0 Å². The van der Waals surface area contributed by atoms with Crippen molar-refractivity contribution in [1.82, 2.24) is 14.7 Å². The van der Waals surface area contributed by atoms with Crippen LogP contribution in [0.3, 0.4) is 0 Å². The lowest BCUT2D eigenvalue weighted by Gasteiger charge is -2.06. The molecule has 0 bridgehead atoms. The lowest BCUT2D eigenvalue weighted by atomic mass is 10.3. The van der Waals surface area contributed by atoms with Gasteiger partial charge in [-0.25, -0.2) is 18.1 Å². The molecule has 5 nitrogen and oxygen atoms in total. The minimum atomic E-state index is -3.50. The number of aromatic amines is 1. The van der Waals surface area contributed by atoms with Crippen molar-refractivity contribution in [3.8, 4) is 0 Å². The Morgan fingerprint density at radius 3 is 2.89 bits per heavy atom. The van der Waals surface area contributed by atoms with Crippen LogP contribution in [0.4, 0.5) is 0 Å². The highest BCUT2D eigenvalue weighted by atomic mass is 35.5. The summed E-state index contributed by atoms with van der Waals surface area (Å²) in [7, 11) is -3.50. The van der Waals surface area contributed by atoms with Crippen molar-refractivity contribution in [2.24, 2.45) is 0 Å². The molecule has 2 aromatic rings. The summed E-state index contributed by atoms with van der Waals surface area (Å²) >= 11 is 5.76. The van der Waals surface area contributed by atoms with E-state index < -0.39 is 10.0 Å². The molecule has 7 heteroatoms. The zero-order valence-corrected chi connectivity index (χ0v) is 11.0. The van der Waals surface area contributed by atoms with Crippen LogP contribution in [0.2, 0.25) is 5.02 Å². The summed E-state index contributed by atoms with van der Waals surface area (Å²) in [6, 6.07) is 6.15. The van der Waals surface area contributed by atoms with E-state index in [4.69, 9.17) is 11.6 Å². The van der Waals surface area contributed by atoms with Crippen LogP contribution in [-0.2, 0) is 16.4 Å². The van der Waals surface area contributed by atoms with Gasteiger partial charge in [0, 0.05) is 29.9 Å². The summed E-state index contributed by atoms with van der Waals surface area (Å²) in [5, 5.41) is 0.395. The molecule has 0 aliphatic carbocycles. The van der Waals surface area contributed by atoms with E-state index in [9.17, 15) is 8.42 Å². The van der Waals surface area contributed by atoms with Gasteiger partial charge in [0.05, 0.1) is 11.2 Å². The summed E-state index contributed by atoms with van der Waals surface area (Å²) < 4.78 is 26.3. The van der Waals surface area contributed by atoms with Crippen LogP contribution < -0.4 is 4.72 Å². The molecule has 0 saturated carbocycles. The normalized spacial score (nSPS) is 11.6. The number of halogens is 1. The molecule has 1 aromatic heterocycles. The van der Waals surface area contributed by atoms with E-state index in [1.807, 2.05) is 0 Å². The van der Waals surface area contributed by atoms with Crippen molar-refractivity contribution >= 4 is 21.6 Å². The van der Waals surface area contributed by atoms with Gasteiger partial charge in [-0.05, 0) is 18.2 Å². The Morgan fingerprint density at radius 2 is 2.22 bits per heavy atom. The Bertz CT molecular complexity index is 611. The number of rotatable bonds is 5. The fraction of sp³-hybridized carbons (Fsp3) is 0.182. The van der Waals surface area contributed by atoms with Crippen LogP contribution >= 0.6 is 11.6 Å². The first-order valence-electron chi connectivity index (χ1n) is 5.30. The SMILES string of the molecule is O=S(=O)(NCCc1cnc[nH]1)c1cccc(Cl)c1. The molecule has 0 unspecified atom stereocenters. The molecule has 96 valence electrons. The zero-order valence-electron chi connectivity index (χ0n) is 9.43. The average molecular weight is 286 g/mol. The number of aromatic nitrogens is 2. The average Bonchev–Trinajstić information content (AvgIpc) is 2.82. The molecule has 0 spiro atoms. The predicted molar refractivity (Wildman–Crippen MR) is 68.9 cm³/mol. The number of sulfonamides is 1. The third kappa shape index (κ3) is 3.32. The highest BCUT2D eigenvalue weighted by Gasteiger charge is 2.13. The molecule has 0 fully saturated rings. The van der Waals surface area contributed by atoms with Gasteiger partial charge in [0.15, 0.2) is 0 Å². The Balaban J connectivity index is 1.99. The molecule has 1 aromatic carbocycles. The molecule has 1 heterocycles. The van der Waals surface area contributed by atoms with Crippen LogP contribution in [0.1, 0.15) is 5.69 Å². The smallest absolute Gasteiger partial charge is 0.240 e. The van der Waals surface area contributed by atoms with Gasteiger partial charge >= 0.3 is 0 Å². The second-order valence-corrected chi connectivity index (χ2v) is 5.89. The van der Waals surface area contributed by atoms with Crippen molar-refractivity contribution in [2.75, 3.05) is 6.54 Å². The third-order valence-corrected chi connectivity index (χ3v) is 4.04. The fourth-order valence-electron chi connectivity index (χ4n) is 1.46. The molecular formula is C11H12ClN3O2S. The van der Waals surface area contributed by atoms with Gasteiger partial charge in [-0.1, -0.05) is 17.7 Å². The maximum atomic E-state index is 11.9. The predicted octanol–water partition coefficient (Wildman–Crippen LogP) is 1.58. The number of hydrogen-bond donors (Lipinski definition) is 2. The number of H-pyrrole nitrogens is 1. The fourth-order valence-corrected chi connectivity index (χ4v) is 2.79. The summed E-state index contributed by atoms with van der Waals surface area (Å²) in [5.74, 6) is 0. The zero-order chi connectivity index (χ0) is 13.0. The Labute approximate surface area is 110 Å². The summed E-state index contributed by atoms with van der Waals surface area (Å²) in [6.45, 7) is 0.303. The summed E-state index contributed by atoms with van der Waals surface area (Å²) in [6.07, 6.45) is 3.77. The van der Waals surface area contributed by atoms with Gasteiger partial charge in [-0.3, -0.25) is 0 Å². The molecule has 0 radical (unpaired) electrons. The molecule has 0 aliphatic heterocycles. The molecular weight excluding hydrogens is 274 g/mol. The van der Waals surface area contributed by atoms with Crippen LogP contribution in [0.25, 0.3) is 0 Å². The number of benzene rings is 1. The monoisotopic (exact) mass is 285 g/mol. The van der Waals surface area contributed by atoms with Gasteiger partial charge in [0.2, 0.25) is 10.0 Å². The highest BCUT2D eigenvalue weighted by molar-refractivity contribution is 7.89. The largest absolute Gasteiger partial charge is 0.348 e. The topological polar surface area (TPSA) is 74.8 Å². The van der Waals surface area contributed by atoms with E-state index in [-0.39, 0.29) is 4.90 Å². The number of hydrogen-bond acceptors (Lipinski definition) is 3. The van der Waals surface area contributed by atoms with Gasteiger partial charge in [-0.2, -0.15) is 0 Å². The highest BCUT2D eigenvalue weighted by Crippen LogP contribution is 2.14. The number of nitrogens with zero attached hydrogens (tertiary/aromatic N) is 1. The molecule has 0 amide bonds. The molecule has 2 rings (SSSR count). The Kier molecular flexibility index (Phi) is 4.00. The lowest BCUT2D eigenvalue weighted by Crippen LogP contribution is -2.26. The standard InChI is InChI=1S/C11H12ClN3O2S/c12-9-2-1-3-11(6-9)18(16,17)15-5-4-10-7-13-8-14-10/h1-3,6-8,15H,4-5H2,(H,13,14). The van der Waals surface area contributed by atoms with Crippen LogP contribution in [0, 0.1) is 0 Å². The van der Waals surface area contributed by atoms with E-state index in [1.54, 1.807) is 24.7 Å². The maximum Gasteiger partial charge on any atom is 0.240 e. The summed E-state index contributed by atoms with van der Waals surface area (Å²) in [4.78, 5) is 6.93. The van der Waals surface area contributed by atoms with Gasteiger partial charge in [-0.15, -0.1) is 0 Å². The molecule has 0 saturated heterocycles. The maximum absolute atomic E-state index is 11.9. The Hall–Kier alpha value is -1.37. The number of nitrogens with one attached hydrogen (secondary N) is 2. The van der Waals surface area contributed by atoms with E-state index in [1.165, 1.54) is 12.1 Å². The van der Waals surface area contributed by atoms with Crippen molar-refractivity contribution in [2.45, 2.75) is 11.3 Å². The summed E-state index contributed by atoms with van der Waals surface area (Å²) in [5.41, 5.74) is 0.879. The van der Waals surface area contributed by atoms with Crippen LogP contribution in [0.15, 0.2) is 41.7 Å². The minimum Gasteiger partial charge on any atom is -0.348 e. The minimum absolute atomic E-state index is 0.166. The van der Waals surface area contributed by atoms with Gasteiger partial charge in [0.1, 0.15) is 0 Å². The third-order valence-electron chi connectivity index (χ3n) is 2.35.